The predicted molar refractivity (Wildman–Crippen MR) is 165 cm³/mol. The summed E-state index contributed by atoms with van der Waals surface area (Å²) in [6.45, 7) is 1.03. The van der Waals surface area contributed by atoms with Gasteiger partial charge in [0, 0.05) is 42.8 Å². The molecule has 236 valence electrons. The number of nitrogens with zero attached hydrogens (tertiary/aromatic N) is 2. The smallest absolute Gasteiger partial charge is 0.243 e. The Kier molecular flexibility index (Phi) is 9.83. The average molecular weight is 639 g/mol. The molecule has 4 aromatic rings. The van der Waals surface area contributed by atoms with Crippen LogP contribution in [-0.4, -0.2) is 55.3 Å². The number of hydrogen-bond acceptors (Lipinski definition) is 7. The molecule has 1 amide bonds. The number of carbonyl (C=O) groups excluding carboxylic acids is 1. The standard InChI is InChI=1S/C32H33F3N6O3S/c33-22-5-1-20(2-6-22)30(21-3-7-23(34)8-4-21)31(37)32(42)40-29-19-39-18-28(35)27(29)14-11-25-17-38-15-16-41(25)45(43,44)26-12-9-24(36)10-13-26/h1-10,12-13,18-19,25,30-31,38H,11,14-17,36-37H2,(H,40,42). The molecule has 1 aromatic heterocycles. The van der Waals surface area contributed by atoms with E-state index in [0.717, 1.165) is 6.20 Å². The van der Waals surface area contributed by atoms with Crippen molar-refractivity contribution in [1.29, 1.82) is 0 Å². The molecule has 2 heterocycles. The monoisotopic (exact) mass is 638 g/mol. The molecule has 9 nitrogen and oxygen atoms in total. The number of nitrogens with two attached hydrogens (primary N) is 2. The molecule has 0 spiro atoms. The van der Waals surface area contributed by atoms with E-state index in [1.807, 2.05) is 0 Å². The third-order valence-electron chi connectivity index (χ3n) is 7.89. The van der Waals surface area contributed by atoms with Crippen molar-refractivity contribution < 1.29 is 26.4 Å². The number of amides is 1. The Morgan fingerprint density at radius 3 is 2.16 bits per heavy atom. The van der Waals surface area contributed by atoms with Crippen LogP contribution in [0.2, 0.25) is 0 Å². The van der Waals surface area contributed by atoms with E-state index in [-0.39, 0.29) is 35.5 Å². The van der Waals surface area contributed by atoms with Crippen LogP contribution in [0.5, 0.6) is 0 Å². The van der Waals surface area contributed by atoms with Gasteiger partial charge in [-0.3, -0.25) is 9.78 Å². The molecule has 1 fully saturated rings. The number of carbonyl (C=O) groups is 1. The van der Waals surface area contributed by atoms with Gasteiger partial charge in [-0.05, 0) is 72.5 Å². The lowest BCUT2D eigenvalue weighted by molar-refractivity contribution is -0.117. The van der Waals surface area contributed by atoms with Crippen LogP contribution >= 0.6 is 0 Å². The van der Waals surface area contributed by atoms with E-state index >= 15 is 4.39 Å². The second kappa shape index (κ2) is 13.8. The van der Waals surface area contributed by atoms with Crippen LogP contribution in [0.25, 0.3) is 0 Å². The van der Waals surface area contributed by atoms with E-state index < -0.39 is 51.4 Å². The van der Waals surface area contributed by atoms with Gasteiger partial charge in [-0.1, -0.05) is 24.3 Å². The van der Waals surface area contributed by atoms with E-state index in [1.165, 1.54) is 83.3 Å². The topological polar surface area (TPSA) is 143 Å². The van der Waals surface area contributed by atoms with Crippen molar-refractivity contribution in [2.24, 2.45) is 5.73 Å². The van der Waals surface area contributed by atoms with Crippen molar-refractivity contribution in [3.8, 4) is 0 Å². The quantitative estimate of drug-likeness (QED) is 0.194. The number of benzene rings is 3. The SMILES string of the molecule is Nc1ccc(S(=O)(=O)N2CCNCC2CCc2c(F)cncc2NC(=O)C(N)C(c2ccc(F)cc2)c2ccc(F)cc2)cc1. The molecule has 0 radical (unpaired) electrons. The molecule has 0 saturated carbocycles. The van der Waals surface area contributed by atoms with Gasteiger partial charge in [0.25, 0.3) is 0 Å². The molecule has 2 atom stereocenters. The predicted octanol–water partition coefficient (Wildman–Crippen LogP) is 3.77. The lowest BCUT2D eigenvalue weighted by Crippen LogP contribution is -2.53. The maximum absolute atomic E-state index is 15.2. The summed E-state index contributed by atoms with van der Waals surface area (Å²) in [5.74, 6) is -3.08. The molecular weight excluding hydrogens is 605 g/mol. The zero-order valence-electron chi connectivity index (χ0n) is 24.2. The fourth-order valence-electron chi connectivity index (χ4n) is 5.53. The van der Waals surface area contributed by atoms with Crippen molar-refractivity contribution in [2.75, 3.05) is 30.7 Å². The molecule has 3 aromatic carbocycles. The Labute approximate surface area is 259 Å². The second-order valence-electron chi connectivity index (χ2n) is 10.8. The van der Waals surface area contributed by atoms with Crippen molar-refractivity contribution in [3.05, 3.63) is 119 Å². The summed E-state index contributed by atoms with van der Waals surface area (Å²) in [7, 11) is -3.85. The fraction of sp³-hybridized carbons (Fsp3) is 0.250. The number of anilines is 2. The van der Waals surface area contributed by atoms with Crippen LogP contribution in [-0.2, 0) is 21.2 Å². The minimum atomic E-state index is -3.85. The molecule has 0 bridgehead atoms. The summed E-state index contributed by atoms with van der Waals surface area (Å²) in [6, 6.07) is 15.1. The number of hydrogen-bond donors (Lipinski definition) is 4. The van der Waals surface area contributed by atoms with Crippen molar-refractivity contribution >= 4 is 27.3 Å². The minimum Gasteiger partial charge on any atom is -0.399 e. The van der Waals surface area contributed by atoms with Crippen LogP contribution in [0.3, 0.4) is 0 Å². The first kappa shape index (κ1) is 32.1. The van der Waals surface area contributed by atoms with Crippen molar-refractivity contribution in [2.45, 2.75) is 35.7 Å². The lowest BCUT2D eigenvalue weighted by atomic mass is 9.85. The van der Waals surface area contributed by atoms with Crippen LogP contribution in [0.4, 0.5) is 24.5 Å². The van der Waals surface area contributed by atoms with Gasteiger partial charge in [-0.25, -0.2) is 21.6 Å². The Morgan fingerprint density at radius 2 is 1.56 bits per heavy atom. The van der Waals surface area contributed by atoms with E-state index in [1.54, 1.807) is 0 Å². The van der Waals surface area contributed by atoms with Crippen molar-refractivity contribution in [1.82, 2.24) is 14.6 Å². The molecule has 1 aliphatic rings. The zero-order chi connectivity index (χ0) is 32.1. The van der Waals surface area contributed by atoms with E-state index in [4.69, 9.17) is 11.5 Å². The minimum absolute atomic E-state index is 0.0820. The number of nitrogens with one attached hydrogen (secondary N) is 2. The largest absolute Gasteiger partial charge is 0.399 e. The number of pyridine rings is 1. The maximum atomic E-state index is 15.2. The zero-order valence-corrected chi connectivity index (χ0v) is 25.0. The highest BCUT2D eigenvalue weighted by molar-refractivity contribution is 7.89. The van der Waals surface area contributed by atoms with Gasteiger partial charge >= 0.3 is 0 Å². The Balaban J connectivity index is 1.36. The van der Waals surface area contributed by atoms with Gasteiger partial charge in [-0.2, -0.15) is 4.31 Å². The molecule has 1 saturated heterocycles. The number of aromatic nitrogens is 1. The summed E-state index contributed by atoms with van der Waals surface area (Å²) in [6.07, 6.45) is 2.64. The molecule has 2 unspecified atom stereocenters. The number of sulfonamides is 1. The summed E-state index contributed by atoms with van der Waals surface area (Å²) in [5, 5.41) is 5.88. The third kappa shape index (κ3) is 7.34. The van der Waals surface area contributed by atoms with Crippen molar-refractivity contribution in [3.63, 3.8) is 0 Å². The van der Waals surface area contributed by atoms with Crippen LogP contribution in [0, 0.1) is 17.5 Å². The summed E-state index contributed by atoms with van der Waals surface area (Å²) < 4.78 is 70.9. The highest BCUT2D eigenvalue weighted by Gasteiger charge is 2.34. The summed E-state index contributed by atoms with van der Waals surface area (Å²) in [5.41, 5.74) is 13.9. The highest BCUT2D eigenvalue weighted by atomic mass is 32.2. The average Bonchev–Trinajstić information content (AvgIpc) is 3.03. The number of piperazine rings is 1. The molecule has 1 aliphatic heterocycles. The van der Waals surface area contributed by atoms with E-state index in [2.05, 4.69) is 15.6 Å². The normalized spacial score (nSPS) is 16.4. The number of halogens is 3. The molecule has 13 heteroatoms. The Morgan fingerprint density at radius 1 is 0.956 bits per heavy atom. The van der Waals surface area contributed by atoms with E-state index in [0.29, 0.717) is 29.9 Å². The second-order valence-corrected chi connectivity index (χ2v) is 12.7. The van der Waals surface area contributed by atoms with Crippen LogP contribution in [0.15, 0.2) is 90.1 Å². The van der Waals surface area contributed by atoms with Gasteiger partial charge < -0.3 is 22.1 Å². The molecule has 5 rings (SSSR count). The van der Waals surface area contributed by atoms with Gasteiger partial charge in [0.05, 0.1) is 29.0 Å². The molecule has 45 heavy (non-hydrogen) atoms. The molecule has 0 aliphatic carbocycles. The first-order valence-corrected chi connectivity index (χ1v) is 15.8. The van der Waals surface area contributed by atoms with Gasteiger partial charge in [-0.15, -0.1) is 0 Å². The number of nitrogen functional groups attached to an aromatic ring is 1. The van der Waals surface area contributed by atoms with Gasteiger partial charge in [0.1, 0.15) is 17.5 Å². The van der Waals surface area contributed by atoms with Gasteiger partial charge in [0.2, 0.25) is 15.9 Å². The molecule has 6 N–H and O–H groups in total. The van der Waals surface area contributed by atoms with E-state index in [9.17, 15) is 22.0 Å². The summed E-state index contributed by atoms with van der Waals surface area (Å²) >= 11 is 0. The Bertz CT molecular complexity index is 1690. The maximum Gasteiger partial charge on any atom is 0.243 e. The lowest BCUT2D eigenvalue weighted by Gasteiger charge is -2.35. The Hall–Kier alpha value is -4.30. The van der Waals surface area contributed by atoms with Gasteiger partial charge in [0.15, 0.2) is 0 Å². The van der Waals surface area contributed by atoms with Crippen LogP contribution in [0.1, 0.15) is 29.0 Å². The molecular formula is C32H33F3N6O3S. The first-order chi connectivity index (χ1) is 21.5. The summed E-state index contributed by atoms with van der Waals surface area (Å²) in [4.78, 5) is 17.5. The third-order valence-corrected chi connectivity index (χ3v) is 9.86. The number of rotatable bonds is 10. The fourth-order valence-corrected chi connectivity index (χ4v) is 7.18. The highest BCUT2D eigenvalue weighted by Crippen LogP contribution is 2.30. The van der Waals surface area contributed by atoms with Crippen LogP contribution < -0.4 is 22.1 Å². The first-order valence-electron chi connectivity index (χ1n) is 14.3.